The van der Waals surface area contributed by atoms with Crippen LogP contribution in [0.3, 0.4) is 0 Å². The molecule has 1 fully saturated rings. The molecule has 0 unspecified atom stereocenters. The van der Waals surface area contributed by atoms with Gasteiger partial charge in [0.2, 0.25) is 0 Å². The fourth-order valence-corrected chi connectivity index (χ4v) is 2.16. The molecule has 0 aromatic carbocycles. The molecule has 0 atom stereocenters. The molecule has 0 aliphatic carbocycles. The van der Waals surface area contributed by atoms with Crippen molar-refractivity contribution in [1.82, 2.24) is 4.90 Å². The predicted molar refractivity (Wildman–Crippen MR) is 62.1 cm³/mol. The zero-order chi connectivity index (χ0) is 10.4. The number of rotatable bonds is 3. The molecule has 0 saturated carbocycles. The minimum atomic E-state index is 0.728. The van der Waals surface area contributed by atoms with Crippen LogP contribution in [-0.2, 0) is 0 Å². The Morgan fingerprint density at radius 2 is 1.93 bits per heavy atom. The Morgan fingerprint density at radius 3 is 2.43 bits per heavy atom. The average molecular weight is 193 g/mol. The number of hydrogen-bond donors (Lipinski definition) is 0. The van der Waals surface area contributed by atoms with E-state index in [4.69, 9.17) is 0 Å². The first-order valence-corrected chi connectivity index (χ1v) is 5.87. The zero-order valence-electron chi connectivity index (χ0n) is 9.84. The highest BCUT2D eigenvalue weighted by Gasteiger charge is 2.19. The third-order valence-corrected chi connectivity index (χ3v) is 3.23. The lowest BCUT2D eigenvalue weighted by molar-refractivity contribution is 0.146. The number of likely N-dealkylation sites (tertiary alicyclic amines) is 1. The Bertz CT molecular complexity index is 201. The highest BCUT2D eigenvalue weighted by Crippen LogP contribution is 2.22. The lowest BCUT2D eigenvalue weighted by atomic mass is 9.92. The Labute approximate surface area is 88.9 Å². The molecular weight excluding hydrogens is 170 g/mol. The summed E-state index contributed by atoms with van der Waals surface area (Å²) in [5.41, 5.74) is 0. The van der Waals surface area contributed by atoms with Crippen LogP contribution in [0, 0.1) is 17.8 Å². The SMILES string of the molecule is CC#CCCC1CCN(C(C)C)CC1. The van der Waals surface area contributed by atoms with Crippen molar-refractivity contribution in [3.8, 4) is 11.8 Å². The van der Waals surface area contributed by atoms with Crippen molar-refractivity contribution in [2.45, 2.75) is 52.5 Å². The van der Waals surface area contributed by atoms with Gasteiger partial charge in [0.25, 0.3) is 0 Å². The van der Waals surface area contributed by atoms with Crippen LogP contribution in [0.25, 0.3) is 0 Å². The van der Waals surface area contributed by atoms with Crippen molar-refractivity contribution in [3.05, 3.63) is 0 Å². The Hall–Kier alpha value is -0.480. The summed E-state index contributed by atoms with van der Waals surface area (Å²) in [5, 5.41) is 0. The quantitative estimate of drug-likeness (QED) is 0.623. The fraction of sp³-hybridized carbons (Fsp3) is 0.846. The smallest absolute Gasteiger partial charge is 0.00912 e. The van der Waals surface area contributed by atoms with Crippen molar-refractivity contribution in [3.63, 3.8) is 0 Å². The highest BCUT2D eigenvalue weighted by molar-refractivity contribution is 4.95. The fourth-order valence-electron chi connectivity index (χ4n) is 2.16. The third-order valence-electron chi connectivity index (χ3n) is 3.23. The summed E-state index contributed by atoms with van der Waals surface area (Å²) < 4.78 is 0. The summed E-state index contributed by atoms with van der Waals surface area (Å²) in [6.07, 6.45) is 5.17. The van der Waals surface area contributed by atoms with Crippen molar-refractivity contribution in [2.24, 2.45) is 5.92 Å². The highest BCUT2D eigenvalue weighted by atomic mass is 15.1. The summed E-state index contributed by atoms with van der Waals surface area (Å²) in [7, 11) is 0. The second-order valence-corrected chi connectivity index (χ2v) is 4.54. The molecule has 0 N–H and O–H groups in total. The molecule has 1 heterocycles. The summed E-state index contributed by atoms with van der Waals surface area (Å²) in [4.78, 5) is 2.59. The van der Waals surface area contributed by atoms with Gasteiger partial charge in [-0.2, -0.15) is 0 Å². The second-order valence-electron chi connectivity index (χ2n) is 4.54. The summed E-state index contributed by atoms with van der Waals surface area (Å²) in [6.45, 7) is 9.11. The van der Waals surface area contributed by atoms with Crippen LogP contribution in [0.4, 0.5) is 0 Å². The van der Waals surface area contributed by atoms with Gasteiger partial charge in [0.05, 0.1) is 0 Å². The van der Waals surface area contributed by atoms with Crippen LogP contribution < -0.4 is 0 Å². The lowest BCUT2D eigenvalue weighted by Crippen LogP contribution is -2.38. The van der Waals surface area contributed by atoms with Gasteiger partial charge in [-0.05, 0) is 59.0 Å². The topological polar surface area (TPSA) is 3.24 Å². The van der Waals surface area contributed by atoms with Crippen molar-refractivity contribution < 1.29 is 0 Å². The van der Waals surface area contributed by atoms with E-state index in [2.05, 4.69) is 30.6 Å². The van der Waals surface area contributed by atoms with E-state index in [1.54, 1.807) is 0 Å². The molecule has 80 valence electrons. The van der Waals surface area contributed by atoms with Gasteiger partial charge in [0.15, 0.2) is 0 Å². The van der Waals surface area contributed by atoms with Gasteiger partial charge >= 0.3 is 0 Å². The minimum Gasteiger partial charge on any atom is -0.301 e. The first-order valence-electron chi connectivity index (χ1n) is 5.87. The van der Waals surface area contributed by atoms with Crippen molar-refractivity contribution >= 4 is 0 Å². The molecule has 1 saturated heterocycles. The van der Waals surface area contributed by atoms with Gasteiger partial charge in [-0.3, -0.25) is 0 Å². The molecule has 0 aromatic rings. The van der Waals surface area contributed by atoms with Gasteiger partial charge in [-0.25, -0.2) is 0 Å². The molecule has 0 spiro atoms. The van der Waals surface area contributed by atoms with Crippen LogP contribution in [0.15, 0.2) is 0 Å². The Kier molecular flexibility index (Phi) is 5.04. The summed E-state index contributed by atoms with van der Waals surface area (Å²) in [6, 6.07) is 0.728. The van der Waals surface area contributed by atoms with E-state index >= 15 is 0 Å². The van der Waals surface area contributed by atoms with Gasteiger partial charge in [0, 0.05) is 12.5 Å². The molecule has 1 aliphatic rings. The van der Waals surface area contributed by atoms with Gasteiger partial charge in [0.1, 0.15) is 0 Å². The molecule has 0 aromatic heterocycles. The van der Waals surface area contributed by atoms with E-state index in [9.17, 15) is 0 Å². The predicted octanol–water partition coefficient (Wildman–Crippen LogP) is 2.91. The van der Waals surface area contributed by atoms with Gasteiger partial charge < -0.3 is 4.90 Å². The van der Waals surface area contributed by atoms with E-state index < -0.39 is 0 Å². The van der Waals surface area contributed by atoms with Crippen molar-refractivity contribution in [1.29, 1.82) is 0 Å². The third kappa shape index (κ3) is 3.72. The maximum Gasteiger partial charge on any atom is 0.00912 e. The zero-order valence-corrected chi connectivity index (χ0v) is 9.84. The monoisotopic (exact) mass is 193 g/mol. The number of nitrogens with zero attached hydrogens (tertiary/aromatic N) is 1. The standard InChI is InChI=1S/C13H23N/c1-4-5-6-7-13-8-10-14(11-9-13)12(2)3/h12-13H,6-11H2,1-3H3. The molecule has 0 amide bonds. The van der Waals surface area contributed by atoms with E-state index in [0.29, 0.717) is 0 Å². The first kappa shape index (κ1) is 11.6. The molecule has 1 nitrogen and oxygen atoms in total. The lowest BCUT2D eigenvalue weighted by Gasteiger charge is -2.34. The van der Waals surface area contributed by atoms with Crippen LogP contribution >= 0.6 is 0 Å². The van der Waals surface area contributed by atoms with Crippen LogP contribution in [-0.4, -0.2) is 24.0 Å². The van der Waals surface area contributed by atoms with Gasteiger partial charge in [-0.1, -0.05) is 0 Å². The Morgan fingerprint density at radius 1 is 1.29 bits per heavy atom. The van der Waals surface area contributed by atoms with Crippen LogP contribution in [0.1, 0.15) is 46.5 Å². The maximum atomic E-state index is 3.17. The average Bonchev–Trinajstić information content (AvgIpc) is 2.19. The normalized spacial score (nSPS) is 19.4. The molecule has 0 bridgehead atoms. The van der Waals surface area contributed by atoms with E-state index in [-0.39, 0.29) is 0 Å². The van der Waals surface area contributed by atoms with Crippen LogP contribution in [0.5, 0.6) is 0 Å². The molecule has 1 rings (SSSR count). The molecule has 14 heavy (non-hydrogen) atoms. The van der Waals surface area contributed by atoms with E-state index in [1.165, 1.54) is 32.4 Å². The maximum absolute atomic E-state index is 3.17. The summed E-state index contributed by atoms with van der Waals surface area (Å²) in [5.74, 6) is 7.08. The largest absolute Gasteiger partial charge is 0.301 e. The van der Waals surface area contributed by atoms with E-state index in [0.717, 1.165) is 18.4 Å². The molecule has 1 heteroatoms. The van der Waals surface area contributed by atoms with Crippen LogP contribution in [0.2, 0.25) is 0 Å². The minimum absolute atomic E-state index is 0.728. The number of piperidine rings is 1. The summed E-state index contributed by atoms with van der Waals surface area (Å²) >= 11 is 0. The van der Waals surface area contributed by atoms with Gasteiger partial charge in [-0.15, -0.1) is 11.8 Å². The Balaban J connectivity index is 2.17. The first-order chi connectivity index (χ1) is 6.74. The van der Waals surface area contributed by atoms with E-state index in [1.807, 2.05) is 6.92 Å². The number of hydrogen-bond acceptors (Lipinski definition) is 1. The molecular formula is C13H23N. The molecule has 0 radical (unpaired) electrons. The second kappa shape index (κ2) is 6.09. The molecule has 1 aliphatic heterocycles. The van der Waals surface area contributed by atoms with Crippen molar-refractivity contribution in [2.75, 3.05) is 13.1 Å².